The molecule has 0 saturated carbocycles. The minimum Gasteiger partial charge on any atom is -0.483 e. The number of aryl methyl sites for hydroxylation is 1. The van der Waals surface area contributed by atoms with Gasteiger partial charge in [0.15, 0.2) is 5.75 Å². The van der Waals surface area contributed by atoms with E-state index in [2.05, 4.69) is 0 Å². The molecule has 1 N–H and O–H groups in total. The molecule has 20 heavy (non-hydrogen) atoms. The minimum atomic E-state index is -1.01. The lowest BCUT2D eigenvalue weighted by atomic mass is 10.1. The van der Waals surface area contributed by atoms with Gasteiger partial charge in [0.25, 0.3) is 0 Å². The molecule has 0 radical (unpaired) electrons. The highest BCUT2D eigenvalue weighted by atomic mass is 16.6. The Balaban J connectivity index is 2.87. The van der Waals surface area contributed by atoms with Gasteiger partial charge in [-0.1, -0.05) is 19.9 Å². The largest absolute Gasteiger partial charge is 0.483 e. The topological polar surface area (TPSA) is 89.7 Å². The Morgan fingerprint density at radius 2 is 2.15 bits per heavy atom. The van der Waals surface area contributed by atoms with Gasteiger partial charge < -0.3 is 9.84 Å². The molecular formula is C14H17NO5. The van der Waals surface area contributed by atoms with Gasteiger partial charge in [-0.25, -0.2) is 4.79 Å². The van der Waals surface area contributed by atoms with Crippen LogP contribution in [0.2, 0.25) is 0 Å². The van der Waals surface area contributed by atoms with Gasteiger partial charge >= 0.3 is 11.7 Å². The van der Waals surface area contributed by atoms with Gasteiger partial charge in [-0.15, -0.1) is 0 Å². The number of aliphatic carboxylic acids is 1. The number of carboxylic acid groups (broad SMARTS) is 1. The van der Waals surface area contributed by atoms with Crippen LogP contribution in [0.5, 0.6) is 5.75 Å². The molecule has 1 aromatic rings. The molecule has 0 bridgehead atoms. The van der Waals surface area contributed by atoms with Crippen LogP contribution in [0.1, 0.15) is 25.8 Å². The van der Waals surface area contributed by atoms with Gasteiger partial charge in [0, 0.05) is 11.6 Å². The Kier molecular flexibility index (Phi) is 5.71. The van der Waals surface area contributed by atoms with E-state index in [0.29, 0.717) is 12.8 Å². The van der Waals surface area contributed by atoms with E-state index in [9.17, 15) is 14.9 Å². The van der Waals surface area contributed by atoms with E-state index in [0.717, 1.165) is 5.56 Å². The molecule has 0 unspecified atom stereocenters. The molecule has 0 aliphatic rings. The first-order chi connectivity index (χ1) is 9.49. The summed E-state index contributed by atoms with van der Waals surface area (Å²) in [5.74, 6) is -0.865. The third-order valence-corrected chi connectivity index (χ3v) is 2.85. The Morgan fingerprint density at radius 1 is 1.45 bits per heavy atom. The number of benzene rings is 1. The molecule has 0 spiro atoms. The summed E-state index contributed by atoms with van der Waals surface area (Å²) in [6, 6.07) is 4.76. The van der Waals surface area contributed by atoms with E-state index in [4.69, 9.17) is 9.84 Å². The average molecular weight is 279 g/mol. The summed E-state index contributed by atoms with van der Waals surface area (Å²) in [4.78, 5) is 21.3. The van der Waals surface area contributed by atoms with Crippen molar-refractivity contribution in [1.29, 1.82) is 0 Å². The number of ether oxygens (including phenoxy) is 1. The van der Waals surface area contributed by atoms with Crippen LogP contribution in [0.3, 0.4) is 0 Å². The number of carboxylic acids is 1. The fourth-order valence-electron chi connectivity index (χ4n) is 1.66. The maximum Gasteiger partial charge on any atom is 0.331 e. The van der Waals surface area contributed by atoms with Crippen molar-refractivity contribution in [3.8, 4) is 5.75 Å². The van der Waals surface area contributed by atoms with Crippen molar-refractivity contribution >= 4 is 11.7 Å². The van der Waals surface area contributed by atoms with Crippen molar-refractivity contribution < 1.29 is 19.6 Å². The van der Waals surface area contributed by atoms with Crippen LogP contribution < -0.4 is 4.74 Å². The summed E-state index contributed by atoms with van der Waals surface area (Å²) in [5, 5.41) is 19.8. The number of carbonyl (C=O) groups is 1. The first-order valence-corrected chi connectivity index (χ1v) is 6.32. The minimum absolute atomic E-state index is 0.0121. The molecule has 1 aromatic carbocycles. The van der Waals surface area contributed by atoms with Crippen molar-refractivity contribution in [2.75, 3.05) is 6.61 Å². The van der Waals surface area contributed by atoms with E-state index in [1.807, 2.05) is 6.92 Å². The Bertz CT molecular complexity index is 536. The second-order valence-electron chi connectivity index (χ2n) is 4.11. The molecule has 0 heterocycles. The zero-order valence-electron chi connectivity index (χ0n) is 11.5. The molecule has 6 nitrogen and oxygen atoms in total. The molecule has 0 aliphatic carbocycles. The Morgan fingerprint density at radius 3 is 2.65 bits per heavy atom. The second kappa shape index (κ2) is 7.28. The van der Waals surface area contributed by atoms with Crippen molar-refractivity contribution in [2.45, 2.75) is 26.7 Å². The summed E-state index contributed by atoms with van der Waals surface area (Å²) in [5.41, 5.74) is 0.961. The molecule has 0 aromatic heterocycles. The number of nitrogens with zero attached hydrogens (tertiary/aromatic N) is 1. The number of hydrogen-bond acceptors (Lipinski definition) is 4. The van der Waals surface area contributed by atoms with Crippen LogP contribution in [0.4, 0.5) is 5.69 Å². The van der Waals surface area contributed by atoms with Crippen molar-refractivity contribution in [2.24, 2.45) is 0 Å². The van der Waals surface area contributed by atoms with Gasteiger partial charge in [-0.2, -0.15) is 0 Å². The van der Waals surface area contributed by atoms with Crippen molar-refractivity contribution in [1.82, 2.24) is 0 Å². The fraction of sp³-hybridized carbons (Fsp3) is 0.357. The van der Waals surface area contributed by atoms with Gasteiger partial charge in [0.05, 0.1) is 4.92 Å². The third kappa shape index (κ3) is 4.08. The summed E-state index contributed by atoms with van der Waals surface area (Å²) >= 11 is 0. The first-order valence-electron chi connectivity index (χ1n) is 6.32. The van der Waals surface area contributed by atoms with Gasteiger partial charge in [0.1, 0.15) is 6.61 Å². The molecule has 108 valence electrons. The van der Waals surface area contributed by atoms with Crippen LogP contribution in [-0.2, 0) is 11.2 Å². The van der Waals surface area contributed by atoms with Crippen LogP contribution in [0, 0.1) is 10.1 Å². The summed E-state index contributed by atoms with van der Waals surface area (Å²) in [7, 11) is 0. The summed E-state index contributed by atoms with van der Waals surface area (Å²) in [6.45, 7) is 3.61. The highest BCUT2D eigenvalue weighted by Gasteiger charge is 2.15. The van der Waals surface area contributed by atoms with Crippen LogP contribution in [0.15, 0.2) is 29.8 Å². The van der Waals surface area contributed by atoms with Crippen LogP contribution in [-0.4, -0.2) is 22.6 Å². The monoisotopic (exact) mass is 279 g/mol. The number of hydrogen-bond donors (Lipinski definition) is 1. The van der Waals surface area contributed by atoms with Crippen molar-refractivity contribution in [3.63, 3.8) is 0 Å². The quantitative estimate of drug-likeness (QED) is 0.471. The summed E-state index contributed by atoms with van der Waals surface area (Å²) in [6.07, 6.45) is 2.48. The van der Waals surface area contributed by atoms with Gasteiger partial charge in [-0.05, 0) is 30.5 Å². The second-order valence-corrected chi connectivity index (χ2v) is 4.11. The predicted octanol–water partition coefficient (Wildman–Crippen LogP) is 2.96. The lowest BCUT2D eigenvalue weighted by Gasteiger charge is -2.06. The molecule has 0 amide bonds. The SMILES string of the molecule is CCC(=CCOc1ccc(CC)cc1[N+](=O)[O-])C(=O)O. The molecule has 0 aliphatic heterocycles. The molecule has 0 saturated heterocycles. The lowest BCUT2D eigenvalue weighted by molar-refractivity contribution is -0.385. The highest BCUT2D eigenvalue weighted by Crippen LogP contribution is 2.28. The van der Waals surface area contributed by atoms with E-state index < -0.39 is 10.9 Å². The molecule has 0 atom stereocenters. The van der Waals surface area contributed by atoms with E-state index >= 15 is 0 Å². The smallest absolute Gasteiger partial charge is 0.331 e. The highest BCUT2D eigenvalue weighted by molar-refractivity contribution is 5.86. The first kappa shape index (κ1) is 15.7. The van der Waals surface area contributed by atoms with E-state index in [1.165, 1.54) is 18.2 Å². The van der Waals surface area contributed by atoms with Crippen molar-refractivity contribution in [3.05, 3.63) is 45.5 Å². The third-order valence-electron chi connectivity index (χ3n) is 2.85. The predicted molar refractivity (Wildman–Crippen MR) is 74.0 cm³/mol. The standard InChI is InChI=1S/C14H17NO5/c1-3-10-5-6-13(12(9-10)15(18)19)20-8-7-11(4-2)14(16)17/h5-7,9H,3-4,8H2,1-2H3,(H,16,17). The molecule has 1 rings (SSSR count). The maximum absolute atomic E-state index is 11.0. The van der Waals surface area contributed by atoms with Gasteiger partial charge in [-0.3, -0.25) is 10.1 Å². The lowest BCUT2D eigenvalue weighted by Crippen LogP contribution is -2.04. The van der Waals surface area contributed by atoms with E-state index in [-0.39, 0.29) is 23.6 Å². The molecular weight excluding hydrogens is 262 g/mol. The van der Waals surface area contributed by atoms with E-state index in [1.54, 1.807) is 13.0 Å². The fourth-order valence-corrected chi connectivity index (χ4v) is 1.66. The zero-order valence-corrected chi connectivity index (χ0v) is 11.5. The molecule has 0 fully saturated rings. The number of nitro groups is 1. The zero-order chi connectivity index (χ0) is 15.1. The maximum atomic E-state index is 11.0. The number of rotatable bonds is 7. The number of nitro benzene ring substituents is 1. The van der Waals surface area contributed by atoms with Gasteiger partial charge in [0.2, 0.25) is 0 Å². The van der Waals surface area contributed by atoms with Crippen LogP contribution in [0.25, 0.3) is 0 Å². The Hall–Kier alpha value is -2.37. The average Bonchev–Trinajstić information content (AvgIpc) is 2.43. The Labute approximate surface area is 116 Å². The molecule has 6 heteroatoms. The normalized spacial score (nSPS) is 11.2. The summed E-state index contributed by atoms with van der Waals surface area (Å²) < 4.78 is 5.30. The van der Waals surface area contributed by atoms with Crippen LogP contribution >= 0.6 is 0 Å².